The van der Waals surface area contributed by atoms with Gasteiger partial charge in [0.25, 0.3) is 0 Å². The molecule has 4 nitrogen and oxygen atoms in total. The van der Waals surface area contributed by atoms with E-state index in [1.807, 2.05) is 6.07 Å². The fourth-order valence-electron chi connectivity index (χ4n) is 1.98. The topological polar surface area (TPSA) is 64.1 Å². The van der Waals surface area contributed by atoms with E-state index in [0.717, 1.165) is 6.26 Å². The third-order valence-corrected chi connectivity index (χ3v) is 4.13. The average Bonchev–Trinajstić information content (AvgIpc) is 2.39. The first-order chi connectivity index (χ1) is 9.04. The van der Waals surface area contributed by atoms with Crippen molar-refractivity contribution in [1.82, 2.24) is 4.98 Å². The summed E-state index contributed by atoms with van der Waals surface area (Å²) in [6.07, 6.45) is 3.26. The largest absolute Gasteiger partial charge is 0.298 e. The molecular formula is C14H13NO3S. The van der Waals surface area contributed by atoms with Gasteiger partial charge in [-0.05, 0) is 17.7 Å². The number of nitrogens with zero attached hydrogens (tertiary/aromatic N) is 1. The highest BCUT2D eigenvalue weighted by Crippen LogP contribution is 2.29. The predicted molar refractivity (Wildman–Crippen MR) is 72.8 cm³/mol. The van der Waals surface area contributed by atoms with Gasteiger partial charge in [-0.1, -0.05) is 30.3 Å². The minimum atomic E-state index is -3.42. The third kappa shape index (κ3) is 2.88. The van der Waals surface area contributed by atoms with E-state index in [2.05, 4.69) is 4.98 Å². The van der Waals surface area contributed by atoms with E-state index < -0.39 is 15.1 Å². The molecule has 0 aliphatic heterocycles. The van der Waals surface area contributed by atoms with Crippen LogP contribution in [0.4, 0.5) is 0 Å². The molecule has 0 saturated carbocycles. The number of hydrogen-bond acceptors (Lipinski definition) is 4. The molecule has 1 aromatic heterocycles. The highest BCUT2D eigenvalue weighted by molar-refractivity contribution is 7.91. The molecule has 0 aliphatic carbocycles. The van der Waals surface area contributed by atoms with Crippen molar-refractivity contribution < 1.29 is 13.2 Å². The Bertz CT molecular complexity index is 681. The van der Waals surface area contributed by atoms with Crippen LogP contribution < -0.4 is 0 Å². The lowest BCUT2D eigenvalue weighted by atomic mass is 10.1. The molecule has 1 heterocycles. The predicted octanol–water partition coefficient (Wildman–Crippen LogP) is 2.03. The van der Waals surface area contributed by atoms with Gasteiger partial charge in [-0.3, -0.25) is 9.78 Å². The molecular weight excluding hydrogens is 262 g/mol. The molecule has 1 unspecified atom stereocenters. The van der Waals surface area contributed by atoms with E-state index in [-0.39, 0.29) is 5.69 Å². The number of rotatable bonds is 4. The van der Waals surface area contributed by atoms with Gasteiger partial charge in [0, 0.05) is 18.0 Å². The van der Waals surface area contributed by atoms with Crippen molar-refractivity contribution in [2.24, 2.45) is 0 Å². The Morgan fingerprint density at radius 2 is 1.79 bits per heavy atom. The highest BCUT2D eigenvalue weighted by atomic mass is 32.2. The van der Waals surface area contributed by atoms with Crippen LogP contribution >= 0.6 is 0 Å². The van der Waals surface area contributed by atoms with Crippen LogP contribution in [0, 0.1) is 0 Å². The van der Waals surface area contributed by atoms with Gasteiger partial charge in [0.05, 0.1) is 5.69 Å². The van der Waals surface area contributed by atoms with Gasteiger partial charge in [0.15, 0.2) is 16.1 Å². The van der Waals surface area contributed by atoms with E-state index in [0.29, 0.717) is 17.4 Å². The molecule has 2 aromatic rings. The lowest BCUT2D eigenvalue weighted by Gasteiger charge is -2.16. The zero-order valence-corrected chi connectivity index (χ0v) is 11.2. The maximum atomic E-state index is 12.0. The van der Waals surface area contributed by atoms with Crippen LogP contribution in [0.5, 0.6) is 0 Å². The lowest BCUT2D eigenvalue weighted by molar-refractivity contribution is 0.112. The Hall–Kier alpha value is -2.01. The molecule has 0 amide bonds. The maximum absolute atomic E-state index is 12.0. The van der Waals surface area contributed by atoms with Gasteiger partial charge < -0.3 is 0 Å². The van der Waals surface area contributed by atoms with Crippen LogP contribution in [0.1, 0.15) is 26.9 Å². The Morgan fingerprint density at radius 1 is 1.11 bits per heavy atom. The van der Waals surface area contributed by atoms with E-state index in [1.54, 1.807) is 36.4 Å². The zero-order valence-electron chi connectivity index (χ0n) is 10.4. The lowest BCUT2D eigenvalue weighted by Crippen LogP contribution is -2.16. The van der Waals surface area contributed by atoms with Crippen molar-refractivity contribution in [2.75, 3.05) is 6.26 Å². The summed E-state index contributed by atoms with van der Waals surface area (Å²) >= 11 is 0. The molecule has 2 rings (SSSR count). The van der Waals surface area contributed by atoms with E-state index in [1.165, 1.54) is 6.20 Å². The van der Waals surface area contributed by atoms with Crippen LogP contribution in [0.3, 0.4) is 0 Å². The Kier molecular flexibility index (Phi) is 3.76. The summed E-state index contributed by atoms with van der Waals surface area (Å²) in [6, 6.07) is 11.9. The minimum absolute atomic E-state index is 0.270. The van der Waals surface area contributed by atoms with E-state index in [4.69, 9.17) is 0 Å². The second-order valence-corrected chi connectivity index (χ2v) is 6.35. The van der Waals surface area contributed by atoms with Gasteiger partial charge in [0.2, 0.25) is 0 Å². The van der Waals surface area contributed by atoms with Crippen molar-refractivity contribution in [3.8, 4) is 0 Å². The van der Waals surface area contributed by atoms with Crippen molar-refractivity contribution in [3.63, 3.8) is 0 Å². The zero-order chi connectivity index (χ0) is 13.9. The van der Waals surface area contributed by atoms with Gasteiger partial charge in [-0.15, -0.1) is 0 Å². The fraction of sp³-hybridized carbons (Fsp3) is 0.143. The minimum Gasteiger partial charge on any atom is -0.298 e. The molecule has 0 N–H and O–H groups in total. The maximum Gasteiger partial charge on any atom is 0.160 e. The number of aldehydes is 1. The molecule has 1 aromatic carbocycles. The van der Waals surface area contributed by atoms with Crippen LogP contribution in [0.2, 0.25) is 0 Å². The number of hydrogen-bond donors (Lipinski definition) is 0. The van der Waals surface area contributed by atoms with E-state index >= 15 is 0 Å². The second kappa shape index (κ2) is 5.32. The van der Waals surface area contributed by atoms with Gasteiger partial charge in [0.1, 0.15) is 5.25 Å². The Morgan fingerprint density at radius 3 is 2.37 bits per heavy atom. The molecule has 1 atom stereocenters. The standard InChI is InChI=1S/C14H13NO3S/c1-19(17,18)14(11-6-3-2-4-7-11)13-12(10-16)8-5-9-15-13/h2-10,14H,1H3. The molecule has 0 fully saturated rings. The Labute approximate surface area is 112 Å². The van der Waals surface area contributed by atoms with Crippen LogP contribution in [0.15, 0.2) is 48.7 Å². The fourth-order valence-corrected chi connectivity index (χ4v) is 3.24. The number of aromatic nitrogens is 1. The molecule has 0 spiro atoms. The summed E-state index contributed by atoms with van der Waals surface area (Å²) < 4.78 is 24.1. The van der Waals surface area contributed by atoms with Crippen molar-refractivity contribution in [1.29, 1.82) is 0 Å². The molecule has 19 heavy (non-hydrogen) atoms. The summed E-state index contributed by atoms with van der Waals surface area (Å²) in [6.45, 7) is 0. The van der Waals surface area contributed by atoms with Crippen molar-refractivity contribution >= 4 is 16.1 Å². The second-order valence-electron chi connectivity index (χ2n) is 4.22. The number of carbonyl (C=O) groups excluding carboxylic acids is 1. The first kappa shape index (κ1) is 13.4. The quantitative estimate of drug-likeness (QED) is 0.801. The smallest absolute Gasteiger partial charge is 0.160 e. The van der Waals surface area contributed by atoms with E-state index in [9.17, 15) is 13.2 Å². The van der Waals surface area contributed by atoms with Gasteiger partial charge in [-0.2, -0.15) is 0 Å². The summed E-state index contributed by atoms with van der Waals surface area (Å²) in [5.41, 5.74) is 1.17. The number of benzene rings is 1. The summed E-state index contributed by atoms with van der Waals surface area (Å²) in [5, 5.41) is -0.921. The van der Waals surface area contributed by atoms with Crippen molar-refractivity contribution in [2.45, 2.75) is 5.25 Å². The number of carbonyl (C=O) groups is 1. The molecule has 98 valence electrons. The average molecular weight is 275 g/mol. The van der Waals surface area contributed by atoms with Crippen molar-refractivity contribution in [3.05, 3.63) is 65.5 Å². The van der Waals surface area contributed by atoms with Crippen LogP contribution in [0.25, 0.3) is 0 Å². The Balaban J connectivity index is 2.67. The van der Waals surface area contributed by atoms with Crippen LogP contribution in [-0.4, -0.2) is 25.9 Å². The molecule has 5 heteroatoms. The highest BCUT2D eigenvalue weighted by Gasteiger charge is 2.28. The van der Waals surface area contributed by atoms with Gasteiger partial charge in [-0.25, -0.2) is 8.42 Å². The van der Waals surface area contributed by atoms with Gasteiger partial charge >= 0.3 is 0 Å². The third-order valence-electron chi connectivity index (χ3n) is 2.78. The molecule has 0 bridgehead atoms. The normalized spacial score (nSPS) is 12.9. The summed E-state index contributed by atoms with van der Waals surface area (Å²) in [5.74, 6) is 0. The molecule has 0 radical (unpaired) electrons. The number of pyridine rings is 1. The monoisotopic (exact) mass is 275 g/mol. The first-order valence-electron chi connectivity index (χ1n) is 5.68. The summed E-state index contributed by atoms with van der Waals surface area (Å²) in [7, 11) is -3.42. The first-order valence-corrected chi connectivity index (χ1v) is 7.63. The molecule has 0 aliphatic rings. The SMILES string of the molecule is CS(=O)(=O)C(c1ccccc1)c1ncccc1C=O. The number of sulfone groups is 1. The summed E-state index contributed by atoms with van der Waals surface area (Å²) in [4.78, 5) is 15.1. The molecule has 0 saturated heterocycles. The van der Waals surface area contributed by atoms with Crippen LogP contribution in [-0.2, 0) is 9.84 Å².